The van der Waals surface area contributed by atoms with Gasteiger partial charge in [0, 0.05) is 13.8 Å². The molecule has 5 saturated heterocycles. The Morgan fingerprint density at radius 3 is 1.63 bits per heavy atom. The molecule has 0 spiro atoms. The first-order valence-electron chi connectivity index (χ1n) is 29.2. The van der Waals surface area contributed by atoms with Crippen molar-refractivity contribution >= 4 is 43.5 Å². The molecule has 0 aromatic rings. The number of nitrogens with two attached hydrogens (primary N) is 3. The molecule has 0 aliphatic carbocycles. The number of hydrogen-bond acceptors (Lipinski definition) is 31. The van der Waals surface area contributed by atoms with Crippen molar-refractivity contribution in [3.05, 3.63) is 34.9 Å². The molecule has 38 nitrogen and oxygen atoms in total. The van der Waals surface area contributed by atoms with Gasteiger partial charge in [-0.2, -0.15) is 0 Å². The molecule has 5 aliphatic heterocycles. The highest BCUT2D eigenvalue weighted by Crippen LogP contribution is 2.49. The Morgan fingerprint density at radius 1 is 0.602 bits per heavy atom. The second kappa shape index (κ2) is 34.9. The number of hydrogen-bond donors (Lipinski definition) is 18. The van der Waals surface area contributed by atoms with Gasteiger partial charge in [-0.3, -0.25) is 28.2 Å². The van der Waals surface area contributed by atoms with Crippen LogP contribution < -0.4 is 27.8 Å². The Bertz CT molecular complexity index is 2670. The molecular formula is C54H88N5O33P. The molecular weight excluding hydrogens is 1280 g/mol. The highest BCUT2D eigenvalue weighted by molar-refractivity contribution is 7.47. The number of amides is 5. The molecule has 39 heteroatoms. The molecule has 5 amide bonds. The van der Waals surface area contributed by atoms with Gasteiger partial charge in [-0.1, -0.05) is 34.9 Å². The van der Waals surface area contributed by atoms with Crippen molar-refractivity contribution in [2.75, 3.05) is 33.0 Å². The number of rotatable bonds is 31. The van der Waals surface area contributed by atoms with Crippen LogP contribution in [0.2, 0.25) is 0 Å². The van der Waals surface area contributed by atoms with Crippen LogP contribution in [0.25, 0.3) is 0 Å². The Balaban J connectivity index is 1.51. The lowest BCUT2D eigenvalue weighted by atomic mass is 9.85. The third-order valence-corrected chi connectivity index (χ3v) is 16.4. The fourth-order valence-electron chi connectivity index (χ4n) is 10.5. The molecule has 0 bridgehead atoms. The summed E-state index contributed by atoms with van der Waals surface area (Å²) in [5.74, 6) is -6.55. The van der Waals surface area contributed by atoms with Crippen LogP contribution in [-0.4, -0.2) is 294 Å². The van der Waals surface area contributed by atoms with Crippen LogP contribution in [0, 0.1) is 0 Å². The highest BCUT2D eigenvalue weighted by atomic mass is 31.2. The summed E-state index contributed by atoms with van der Waals surface area (Å²) >= 11 is 0. The summed E-state index contributed by atoms with van der Waals surface area (Å²) < 4.78 is 87.4. The van der Waals surface area contributed by atoms with Crippen molar-refractivity contribution in [2.45, 2.75) is 233 Å². The lowest BCUT2D eigenvalue weighted by molar-refractivity contribution is -0.376. The monoisotopic (exact) mass is 1370 g/mol. The van der Waals surface area contributed by atoms with E-state index in [9.17, 15) is 99.5 Å². The molecule has 5 heterocycles. The van der Waals surface area contributed by atoms with Crippen molar-refractivity contribution in [3.63, 3.8) is 0 Å². The number of allylic oxidation sites excluding steroid dienone is 5. The summed E-state index contributed by atoms with van der Waals surface area (Å²) in [5, 5.41) is 135. The average Bonchev–Trinajstić information content (AvgIpc) is 0.758. The lowest BCUT2D eigenvalue weighted by Crippen LogP contribution is -2.72. The number of carbonyl (C=O) groups is 6. The minimum absolute atomic E-state index is 0.328. The van der Waals surface area contributed by atoms with E-state index in [0.717, 1.165) is 39.2 Å². The minimum Gasteiger partial charge on any atom is -0.479 e. The molecule has 0 saturated carbocycles. The predicted molar refractivity (Wildman–Crippen MR) is 304 cm³/mol. The van der Waals surface area contributed by atoms with Crippen molar-refractivity contribution in [1.82, 2.24) is 10.6 Å². The standard InChI is InChI=1S/C54H88N5O33P/c1-20(2)10-8-11-21(3)12-9-13-22(4)14-15-80-28(47(74)75)19-82-93(78,79)92-52-42(43(91-53(57)76)54(7,77)44(90-52)46(56)73)89-49-30(59-24(6)63)33(66)40(27(85-49)18-81-50-37(70)34(67)31(64)25(16-60)83-50)86-48-29(58-23(5)62)32(65)39(26(17-61)84-48)87-51-38(71)35(68)36(69)41(88-51)45(55)72/h10,12,14,25-44,48-52,60-61,64-71,77H,8-9,11,13,15-19H2,1-7H3,(H2,55,72)(H2,56,73)(H2,57,76)(H,58,62)(H,59,63)(H,74,75)(H,78,79)/b21-12+,22-14-/t25-,26-,27-,28-,29-,30-,31-,32-,33-,34+,35+,36-,37-,38-,39-,40-,41?,42-,43-,44-,48+,49+,50?,51-,52-,54+/m1/s1. The van der Waals surface area contributed by atoms with Gasteiger partial charge >= 0.3 is 19.9 Å². The normalized spacial score (nSPS) is 38.6. The van der Waals surface area contributed by atoms with Crippen LogP contribution >= 0.6 is 7.82 Å². The van der Waals surface area contributed by atoms with Gasteiger partial charge in [0.15, 0.2) is 62.0 Å². The number of aliphatic hydroxyl groups is 11. The van der Waals surface area contributed by atoms with Crippen molar-refractivity contribution in [2.24, 2.45) is 17.2 Å². The second-order valence-electron chi connectivity index (χ2n) is 23.2. The van der Waals surface area contributed by atoms with Crippen LogP contribution in [-0.2, 0) is 89.7 Å². The minimum atomic E-state index is -5.82. The van der Waals surface area contributed by atoms with Crippen molar-refractivity contribution in [1.29, 1.82) is 0 Å². The Hall–Kier alpha value is -4.89. The number of aliphatic hydroxyl groups excluding tert-OH is 10. The quantitative estimate of drug-likeness (QED) is 0.0227. The number of phosphoric ester groups is 1. The summed E-state index contributed by atoms with van der Waals surface area (Å²) in [7, 11) is -5.82. The van der Waals surface area contributed by atoms with E-state index in [2.05, 4.69) is 22.8 Å². The van der Waals surface area contributed by atoms with E-state index in [1.165, 1.54) is 11.1 Å². The van der Waals surface area contributed by atoms with Crippen LogP contribution in [0.15, 0.2) is 34.9 Å². The van der Waals surface area contributed by atoms with Gasteiger partial charge in [0.25, 0.3) is 0 Å². The Morgan fingerprint density at radius 2 is 1.11 bits per heavy atom. The first kappa shape index (κ1) is 78.8. The first-order valence-corrected chi connectivity index (χ1v) is 30.7. The highest BCUT2D eigenvalue weighted by Gasteiger charge is 2.62. The van der Waals surface area contributed by atoms with E-state index < -0.39 is 229 Å². The number of carboxylic acid groups (broad SMARTS) is 1. The topological polar surface area (TPSA) is 605 Å². The van der Waals surface area contributed by atoms with Gasteiger partial charge in [0.2, 0.25) is 23.6 Å². The predicted octanol–water partition coefficient (Wildman–Crippen LogP) is -7.13. The van der Waals surface area contributed by atoms with Crippen LogP contribution in [0.5, 0.6) is 0 Å². The van der Waals surface area contributed by atoms with E-state index in [4.69, 9.17) is 78.4 Å². The van der Waals surface area contributed by atoms with Gasteiger partial charge < -0.3 is 146 Å². The van der Waals surface area contributed by atoms with Gasteiger partial charge in [0.1, 0.15) is 97.0 Å². The van der Waals surface area contributed by atoms with E-state index in [0.29, 0.717) is 12.8 Å². The molecule has 5 fully saturated rings. The third kappa shape index (κ3) is 21.1. The number of primary amides is 3. The SMILES string of the molecule is CC(=O)N[C@H]1[C@H](O[C@H]2[C@H](O)[C@@H](NC(C)=O)[C@H](O[C@H]3[C@@H](OP(=O)(O)OC[C@@H](OC/C=C(/C)CC/C=C(\C)CCC=C(C)C)C(=O)O)O[C@H](C(N)=O)[C@@](C)(O)[C@@H]3OC(N)=O)O[C@@H]2COC2O[C@H](CO)[C@@H](O)[C@H](O)[C@H]2O)O[C@H](CO)[C@@H](O[C@@H]2OC(C(N)=O)[C@H](O)[C@H](O)[C@H]2O)[C@@H]1O. The molecule has 93 heavy (non-hydrogen) atoms. The van der Waals surface area contributed by atoms with Gasteiger partial charge in [-0.05, 0) is 60.3 Å². The molecule has 27 atom stereocenters. The molecule has 3 unspecified atom stereocenters. The summed E-state index contributed by atoms with van der Waals surface area (Å²) in [5.41, 5.74) is 16.6. The van der Waals surface area contributed by atoms with E-state index in [1.54, 1.807) is 13.0 Å². The molecule has 21 N–H and O–H groups in total. The number of phosphoric acid groups is 1. The van der Waals surface area contributed by atoms with Crippen LogP contribution in [0.1, 0.15) is 74.1 Å². The zero-order valence-corrected chi connectivity index (χ0v) is 52.6. The Kier molecular flexibility index (Phi) is 29.5. The smallest absolute Gasteiger partial charge is 0.474 e. The van der Waals surface area contributed by atoms with E-state index in [-0.39, 0.29) is 6.61 Å². The lowest BCUT2D eigenvalue weighted by Gasteiger charge is -2.52. The number of carbonyl (C=O) groups excluding carboxylic acids is 5. The van der Waals surface area contributed by atoms with E-state index >= 15 is 0 Å². The van der Waals surface area contributed by atoms with Crippen LogP contribution in [0.4, 0.5) is 4.79 Å². The molecule has 532 valence electrons. The van der Waals surface area contributed by atoms with Crippen molar-refractivity contribution < 1.29 is 161 Å². The van der Waals surface area contributed by atoms with Crippen molar-refractivity contribution in [3.8, 4) is 0 Å². The number of aliphatic carboxylic acids is 1. The largest absolute Gasteiger partial charge is 0.479 e. The summed E-state index contributed by atoms with van der Waals surface area (Å²) in [6.45, 7) is 5.62. The number of nitrogens with one attached hydrogen (secondary N) is 2. The maximum Gasteiger partial charge on any atom is 0.474 e. The number of ether oxygens (including phenoxy) is 11. The molecule has 0 radical (unpaired) electrons. The fourth-order valence-corrected chi connectivity index (χ4v) is 11.4. The molecule has 5 aliphatic rings. The summed E-state index contributed by atoms with van der Waals surface area (Å²) in [6, 6.07) is -4.05. The first-order chi connectivity index (χ1) is 43.4. The average molecular weight is 1370 g/mol. The maximum atomic E-state index is 13.9. The Labute approximate surface area is 531 Å². The van der Waals surface area contributed by atoms with Gasteiger partial charge in [-0.15, -0.1) is 0 Å². The zero-order valence-electron chi connectivity index (χ0n) is 51.7. The third-order valence-electron chi connectivity index (χ3n) is 15.5. The van der Waals surface area contributed by atoms with E-state index in [1.807, 2.05) is 20.8 Å². The van der Waals surface area contributed by atoms with Crippen LogP contribution in [0.3, 0.4) is 0 Å². The van der Waals surface area contributed by atoms with Gasteiger partial charge in [-0.25, -0.2) is 14.2 Å². The second-order valence-corrected chi connectivity index (χ2v) is 24.6. The fraction of sp³-hybridized carbons (Fsp3) is 0.778. The molecule has 0 aromatic heterocycles. The number of carboxylic acids is 1. The zero-order chi connectivity index (χ0) is 69.7. The molecule has 0 aromatic carbocycles. The summed E-state index contributed by atoms with van der Waals surface area (Å²) in [6.07, 6.45) is -42.5. The maximum absolute atomic E-state index is 13.9. The van der Waals surface area contributed by atoms with Gasteiger partial charge in [0.05, 0.1) is 33.0 Å². The molecule has 5 rings (SSSR count). The summed E-state index contributed by atoms with van der Waals surface area (Å²) in [4.78, 5) is 87.3.